The molecule has 46 valence electrons. The van der Waals surface area contributed by atoms with Gasteiger partial charge in [-0.2, -0.15) is 11.8 Å². The fraction of sp³-hybridized carbons (Fsp3) is 1.00. The minimum atomic E-state index is 0.376. The molecule has 1 heterocycles. The third-order valence-corrected chi connectivity index (χ3v) is 2.59. The van der Waals surface area contributed by atoms with Crippen molar-refractivity contribution >= 4 is 19.2 Å². The van der Waals surface area contributed by atoms with Gasteiger partial charge >= 0.3 is 0 Å². The highest BCUT2D eigenvalue weighted by Gasteiger charge is 2.19. The van der Waals surface area contributed by atoms with E-state index in [2.05, 4.69) is 0 Å². The first-order valence-electron chi connectivity index (χ1n) is 2.79. The van der Waals surface area contributed by atoms with Crippen molar-refractivity contribution in [2.75, 3.05) is 18.2 Å². The maximum Gasteiger partial charge on any atom is 0.281 e. The molecule has 1 saturated heterocycles. The first-order valence-corrected chi connectivity index (χ1v) is 3.94. The molecule has 1 aliphatic rings. The Hall–Kier alpha value is 0.335. The fourth-order valence-corrected chi connectivity index (χ4v) is 1.38. The van der Waals surface area contributed by atoms with Crippen LogP contribution in [0.1, 0.15) is 0 Å². The van der Waals surface area contributed by atoms with Crippen LogP contribution in [0.2, 0.25) is 5.82 Å². The highest BCUT2D eigenvalue weighted by Crippen LogP contribution is 2.28. The van der Waals surface area contributed by atoms with Crippen LogP contribution in [0.25, 0.3) is 0 Å². The summed E-state index contributed by atoms with van der Waals surface area (Å²) in [6.45, 7) is 0.376. The van der Waals surface area contributed by atoms with Crippen LogP contribution in [-0.4, -0.2) is 25.7 Å². The summed E-state index contributed by atoms with van der Waals surface area (Å²) in [5.74, 6) is 3.32. The van der Waals surface area contributed by atoms with Crippen molar-refractivity contribution in [3.05, 3.63) is 0 Å². The molecule has 2 N–H and O–H groups in total. The van der Waals surface area contributed by atoms with E-state index in [1.165, 1.54) is 11.5 Å². The first-order chi connectivity index (χ1) is 3.93. The Kier molecular flexibility index (Phi) is 2.73. The zero-order valence-electron chi connectivity index (χ0n) is 4.80. The number of rotatable bonds is 3. The van der Waals surface area contributed by atoms with Gasteiger partial charge in [0, 0.05) is 0 Å². The SMILES string of the molecule is NCOBC1CSC1. The van der Waals surface area contributed by atoms with E-state index in [0.717, 1.165) is 13.3 Å². The van der Waals surface area contributed by atoms with Crippen LogP contribution in [0.3, 0.4) is 0 Å². The highest BCUT2D eigenvalue weighted by molar-refractivity contribution is 8.00. The van der Waals surface area contributed by atoms with Gasteiger partial charge in [0.15, 0.2) is 0 Å². The van der Waals surface area contributed by atoms with Crippen LogP contribution < -0.4 is 5.73 Å². The van der Waals surface area contributed by atoms with Gasteiger partial charge in [-0.05, 0) is 17.3 Å². The summed E-state index contributed by atoms with van der Waals surface area (Å²) in [5, 5.41) is 0. The lowest BCUT2D eigenvalue weighted by Gasteiger charge is -2.22. The molecule has 0 aliphatic carbocycles. The molecule has 0 atom stereocenters. The molecule has 0 aromatic rings. The van der Waals surface area contributed by atoms with Crippen molar-refractivity contribution < 1.29 is 4.65 Å². The molecule has 0 saturated carbocycles. The molecule has 4 heteroatoms. The van der Waals surface area contributed by atoms with E-state index < -0.39 is 0 Å². The minimum Gasteiger partial charge on any atom is -0.427 e. The van der Waals surface area contributed by atoms with Gasteiger partial charge in [-0.25, -0.2) is 0 Å². The Labute approximate surface area is 54.4 Å². The van der Waals surface area contributed by atoms with Crippen molar-refractivity contribution in [1.82, 2.24) is 0 Å². The van der Waals surface area contributed by atoms with Gasteiger partial charge in [-0.3, -0.25) is 0 Å². The number of hydrogen-bond acceptors (Lipinski definition) is 3. The van der Waals surface area contributed by atoms with E-state index in [-0.39, 0.29) is 0 Å². The fourth-order valence-electron chi connectivity index (χ4n) is 0.615. The summed E-state index contributed by atoms with van der Waals surface area (Å²) >= 11 is 1.97. The second-order valence-electron chi connectivity index (χ2n) is 1.94. The predicted molar refractivity (Wildman–Crippen MR) is 38.4 cm³/mol. The highest BCUT2D eigenvalue weighted by atomic mass is 32.2. The van der Waals surface area contributed by atoms with Crippen molar-refractivity contribution in [1.29, 1.82) is 0 Å². The lowest BCUT2D eigenvalue weighted by Crippen LogP contribution is -2.22. The lowest BCUT2D eigenvalue weighted by atomic mass is 9.83. The molecule has 0 amide bonds. The van der Waals surface area contributed by atoms with Crippen LogP contribution in [0.15, 0.2) is 0 Å². The average molecular weight is 131 g/mol. The smallest absolute Gasteiger partial charge is 0.281 e. The molecule has 1 fully saturated rings. The molecule has 0 bridgehead atoms. The Bertz CT molecular complexity index is 69.1. The zero-order chi connectivity index (χ0) is 5.82. The molecule has 0 unspecified atom stereocenters. The standard InChI is InChI=1S/C4H10BNOS/c6-3-7-5-4-1-8-2-4/h4-5H,1-3,6H2. The van der Waals surface area contributed by atoms with E-state index in [1.54, 1.807) is 0 Å². The van der Waals surface area contributed by atoms with Crippen molar-refractivity contribution in [2.24, 2.45) is 5.73 Å². The maximum atomic E-state index is 5.13. The van der Waals surface area contributed by atoms with Crippen molar-refractivity contribution in [3.8, 4) is 0 Å². The van der Waals surface area contributed by atoms with Crippen molar-refractivity contribution in [2.45, 2.75) is 5.82 Å². The number of hydrogen-bond donors (Lipinski definition) is 1. The van der Waals surface area contributed by atoms with E-state index in [9.17, 15) is 0 Å². The predicted octanol–water partition coefficient (Wildman–Crippen LogP) is -0.194. The molecule has 1 aliphatic heterocycles. The van der Waals surface area contributed by atoms with Crippen LogP contribution in [0.4, 0.5) is 0 Å². The number of nitrogens with two attached hydrogens (primary N) is 1. The molecule has 0 aromatic carbocycles. The van der Waals surface area contributed by atoms with Gasteiger partial charge in [-0.15, -0.1) is 0 Å². The van der Waals surface area contributed by atoms with Crippen molar-refractivity contribution in [3.63, 3.8) is 0 Å². The lowest BCUT2D eigenvalue weighted by molar-refractivity contribution is 0.344. The third-order valence-electron chi connectivity index (χ3n) is 1.18. The minimum absolute atomic E-state index is 0.376. The van der Waals surface area contributed by atoms with Crippen LogP contribution in [0.5, 0.6) is 0 Å². The summed E-state index contributed by atoms with van der Waals surface area (Å²) in [4.78, 5) is 0. The van der Waals surface area contributed by atoms with Gasteiger partial charge in [-0.1, -0.05) is 0 Å². The summed E-state index contributed by atoms with van der Waals surface area (Å²) in [7, 11) is 0.865. The second-order valence-corrected chi connectivity index (χ2v) is 3.02. The van der Waals surface area contributed by atoms with E-state index >= 15 is 0 Å². The van der Waals surface area contributed by atoms with Gasteiger partial charge < -0.3 is 10.4 Å². The molecule has 1 rings (SSSR count). The third kappa shape index (κ3) is 1.69. The summed E-state index contributed by atoms with van der Waals surface area (Å²) < 4.78 is 5.00. The van der Waals surface area contributed by atoms with E-state index in [1.807, 2.05) is 11.8 Å². The van der Waals surface area contributed by atoms with Gasteiger partial charge in [0.25, 0.3) is 7.48 Å². The molecule has 0 aromatic heterocycles. The van der Waals surface area contributed by atoms with E-state index in [0.29, 0.717) is 6.73 Å². The Morgan fingerprint density at radius 1 is 1.75 bits per heavy atom. The van der Waals surface area contributed by atoms with Gasteiger partial charge in [0.2, 0.25) is 0 Å². The zero-order valence-corrected chi connectivity index (χ0v) is 5.62. The molecule has 0 radical (unpaired) electrons. The topological polar surface area (TPSA) is 35.2 Å². The molecule has 8 heavy (non-hydrogen) atoms. The van der Waals surface area contributed by atoms with Gasteiger partial charge in [0.05, 0.1) is 6.73 Å². The maximum absolute atomic E-state index is 5.13. The molecule has 0 spiro atoms. The van der Waals surface area contributed by atoms with Crippen LogP contribution in [-0.2, 0) is 4.65 Å². The Balaban J connectivity index is 1.86. The summed E-state index contributed by atoms with van der Waals surface area (Å²) in [5.41, 5.74) is 5.13. The van der Waals surface area contributed by atoms with Crippen LogP contribution >= 0.6 is 11.8 Å². The molecule has 2 nitrogen and oxygen atoms in total. The van der Waals surface area contributed by atoms with Gasteiger partial charge in [0.1, 0.15) is 0 Å². The monoisotopic (exact) mass is 131 g/mol. The number of thioether (sulfide) groups is 1. The van der Waals surface area contributed by atoms with E-state index in [4.69, 9.17) is 10.4 Å². The Morgan fingerprint density at radius 2 is 2.50 bits per heavy atom. The molecular weight excluding hydrogens is 121 g/mol. The first kappa shape index (κ1) is 6.45. The second kappa shape index (κ2) is 3.38. The summed E-state index contributed by atoms with van der Waals surface area (Å²) in [6, 6.07) is 0. The average Bonchev–Trinajstić information content (AvgIpc) is 1.63. The quantitative estimate of drug-likeness (QED) is 0.425. The summed E-state index contributed by atoms with van der Waals surface area (Å²) in [6.07, 6.45) is 0. The normalized spacial score (nSPS) is 20.1. The molecular formula is C4H10BNOS. The van der Waals surface area contributed by atoms with Crippen LogP contribution in [0, 0.1) is 0 Å². The Morgan fingerprint density at radius 3 is 2.88 bits per heavy atom. The largest absolute Gasteiger partial charge is 0.427 e.